The van der Waals surface area contributed by atoms with E-state index in [4.69, 9.17) is 11.6 Å². The summed E-state index contributed by atoms with van der Waals surface area (Å²) in [5.74, 6) is -0.594. The molecule has 3 rings (SSSR count). The molecule has 2 N–H and O–H groups in total. The van der Waals surface area contributed by atoms with Gasteiger partial charge in [0.1, 0.15) is 5.56 Å². The van der Waals surface area contributed by atoms with Gasteiger partial charge in [0, 0.05) is 16.9 Å². The van der Waals surface area contributed by atoms with Crippen molar-refractivity contribution in [1.82, 2.24) is 9.55 Å². The summed E-state index contributed by atoms with van der Waals surface area (Å²) in [6.07, 6.45) is 1.12. The number of amides is 1. The number of nitrogens with one attached hydrogen (secondary N) is 2. The van der Waals surface area contributed by atoms with Gasteiger partial charge in [0.05, 0.1) is 6.54 Å². The third-order valence-electron chi connectivity index (χ3n) is 3.90. The zero-order valence-corrected chi connectivity index (χ0v) is 14.7. The zero-order valence-electron chi connectivity index (χ0n) is 14.0. The predicted octanol–water partition coefficient (Wildman–Crippen LogP) is 2.80. The molecule has 0 saturated carbocycles. The molecule has 0 bridgehead atoms. The highest BCUT2D eigenvalue weighted by atomic mass is 35.5. The monoisotopic (exact) mass is 369 g/mol. The van der Waals surface area contributed by atoms with E-state index >= 15 is 0 Å². The maximum atomic E-state index is 12.6. The predicted molar refractivity (Wildman–Crippen MR) is 101 cm³/mol. The molecule has 1 amide bonds. The number of benzene rings is 2. The smallest absolute Gasteiger partial charge is 0.322 e. The molecule has 0 spiro atoms. The van der Waals surface area contributed by atoms with Gasteiger partial charge in [-0.2, -0.15) is 0 Å². The second-order valence-electron chi connectivity index (χ2n) is 5.81. The van der Waals surface area contributed by atoms with Crippen LogP contribution in [0.4, 0.5) is 5.69 Å². The van der Waals surface area contributed by atoms with E-state index in [2.05, 4.69) is 10.3 Å². The summed E-state index contributed by atoms with van der Waals surface area (Å²) in [6.45, 7) is 1.90. The summed E-state index contributed by atoms with van der Waals surface area (Å²) in [7, 11) is 0. The van der Waals surface area contributed by atoms with Crippen LogP contribution in [0.15, 0.2) is 64.3 Å². The fraction of sp³-hybridized carbons (Fsp3) is 0.105. The maximum Gasteiger partial charge on any atom is 0.328 e. The zero-order chi connectivity index (χ0) is 18.7. The molecule has 6 nitrogen and oxygen atoms in total. The SMILES string of the molecule is Cc1ccc(NC(=O)c2c[nH]c(=O)n(Cc3ccccc3Cl)c2=O)cc1. The summed E-state index contributed by atoms with van der Waals surface area (Å²) in [6, 6.07) is 14.1. The molecule has 0 aliphatic rings. The average Bonchev–Trinajstić information content (AvgIpc) is 2.62. The summed E-state index contributed by atoms with van der Waals surface area (Å²) in [5, 5.41) is 3.09. The summed E-state index contributed by atoms with van der Waals surface area (Å²) < 4.78 is 0.950. The first-order valence-corrected chi connectivity index (χ1v) is 8.27. The molecule has 0 fully saturated rings. The molecular weight excluding hydrogens is 354 g/mol. The van der Waals surface area contributed by atoms with Gasteiger partial charge < -0.3 is 10.3 Å². The van der Waals surface area contributed by atoms with Gasteiger partial charge in [-0.15, -0.1) is 0 Å². The van der Waals surface area contributed by atoms with E-state index in [9.17, 15) is 14.4 Å². The number of carbonyl (C=O) groups excluding carboxylic acids is 1. The number of aromatic amines is 1. The number of aryl methyl sites for hydroxylation is 1. The Bertz CT molecular complexity index is 1070. The Labute approximate surface area is 154 Å². The van der Waals surface area contributed by atoms with E-state index < -0.39 is 17.2 Å². The first kappa shape index (κ1) is 17.7. The van der Waals surface area contributed by atoms with Gasteiger partial charge in [-0.05, 0) is 30.7 Å². The Morgan fingerprint density at radius 3 is 2.50 bits per heavy atom. The highest BCUT2D eigenvalue weighted by molar-refractivity contribution is 6.31. The minimum Gasteiger partial charge on any atom is -0.322 e. The number of hydrogen-bond donors (Lipinski definition) is 2. The van der Waals surface area contributed by atoms with Crippen LogP contribution in [0.25, 0.3) is 0 Å². The van der Waals surface area contributed by atoms with E-state index in [1.165, 1.54) is 0 Å². The van der Waals surface area contributed by atoms with Crippen molar-refractivity contribution >= 4 is 23.2 Å². The number of carbonyl (C=O) groups is 1. The molecule has 0 aliphatic carbocycles. The molecule has 26 heavy (non-hydrogen) atoms. The normalized spacial score (nSPS) is 10.5. The van der Waals surface area contributed by atoms with Crippen LogP contribution in [0.3, 0.4) is 0 Å². The van der Waals surface area contributed by atoms with Crippen molar-refractivity contribution in [2.75, 3.05) is 5.32 Å². The van der Waals surface area contributed by atoms with Crippen LogP contribution in [-0.4, -0.2) is 15.5 Å². The quantitative estimate of drug-likeness (QED) is 0.741. The summed E-state index contributed by atoms with van der Waals surface area (Å²) in [5.41, 5.74) is 0.771. The summed E-state index contributed by atoms with van der Waals surface area (Å²) in [4.78, 5) is 39.5. The van der Waals surface area contributed by atoms with Crippen LogP contribution < -0.4 is 16.6 Å². The van der Waals surface area contributed by atoms with Crippen LogP contribution in [-0.2, 0) is 6.54 Å². The third-order valence-corrected chi connectivity index (χ3v) is 4.27. The van der Waals surface area contributed by atoms with Gasteiger partial charge in [-0.1, -0.05) is 47.5 Å². The van der Waals surface area contributed by atoms with Crippen LogP contribution in [0.2, 0.25) is 5.02 Å². The number of anilines is 1. The Morgan fingerprint density at radius 1 is 1.12 bits per heavy atom. The molecule has 132 valence electrons. The number of rotatable bonds is 4. The Kier molecular flexibility index (Phi) is 5.04. The fourth-order valence-corrected chi connectivity index (χ4v) is 2.65. The number of hydrogen-bond acceptors (Lipinski definition) is 3. The van der Waals surface area contributed by atoms with Gasteiger partial charge in [0.25, 0.3) is 11.5 Å². The lowest BCUT2D eigenvalue weighted by molar-refractivity contribution is 0.102. The highest BCUT2D eigenvalue weighted by Crippen LogP contribution is 2.15. The molecule has 3 aromatic rings. The number of aromatic nitrogens is 2. The van der Waals surface area contributed by atoms with Crippen LogP contribution >= 0.6 is 11.6 Å². The van der Waals surface area contributed by atoms with Crippen molar-refractivity contribution < 1.29 is 4.79 Å². The molecule has 1 heterocycles. The fourth-order valence-electron chi connectivity index (χ4n) is 2.45. The van der Waals surface area contributed by atoms with Crippen molar-refractivity contribution in [2.24, 2.45) is 0 Å². The first-order chi connectivity index (χ1) is 12.5. The molecule has 0 saturated heterocycles. The highest BCUT2D eigenvalue weighted by Gasteiger charge is 2.15. The van der Waals surface area contributed by atoms with Crippen molar-refractivity contribution in [2.45, 2.75) is 13.5 Å². The molecule has 0 unspecified atom stereocenters. The Hall–Kier alpha value is -3.12. The molecule has 2 aromatic carbocycles. The first-order valence-electron chi connectivity index (χ1n) is 7.89. The van der Waals surface area contributed by atoms with Gasteiger partial charge in [0.15, 0.2) is 0 Å². The molecule has 0 radical (unpaired) electrons. The van der Waals surface area contributed by atoms with E-state index in [1.807, 2.05) is 19.1 Å². The number of H-pyrrole nitrogens is 1. The number of nitrogens with zero attached hydrogens (tertiary/aromatic N) is 1. The largest absolute Gasteiger partial charge is 0.328 e. The summed E-state index contributed by atoms with van der Waals surface area (Å²) >= 11 is 6.09. The van der Waals surface area contributed by atoms with Crippen molar-refractivity contribution in [3.8, 4) is 0 Å². The second kappa shape index (κ2) is 7.41. The average molecular weight is 370 g/mol. The van der Waals surface area contributed by atoms with Crippen molar-refractivity contribution in [1.29, 1.82) is 0 Å². The molecule has 0 atom stereocenters. The standard InChI is InChI=1S/C19H16ClN3O3/c1-12-6-8-14(9-7-12)22-17(24)15-10-21-19(26)23(18(15)25)11-13-4-2-3-5-16(13)20/h2-10H,11H2,1H3,(H,21,26)(H,22,24). The molecule has 7 heteroatoms. The second-order valence-corrected chi connectivity index (χ2v) is 6.22. The Balaban J connectivity index is 1.93. The van der Waals surface area contributed by atoms with E-state index in [0.717, 1.165) is 16.3 Å². The lowest BCUT2D eigenvalue weighted by atomic mass is 10.2. The van der Waals surface area contributed by atoms with Crippen LogP contribution in [0.1, 0.15) is 21.5 Å². The lowest BCUT2D eigenvalue weighted by Gasteiger charge is -2.09. The van der Waals surface area contributed by atoms with Gasteiger partial charge in [-0.25, -0.2) is 4.79 Å². The molecular formula is C19H16ClN3O3. The third kappa shape index (κ3) is 3.75. The van der Waals surface area contributed by atoms with Gasteiger partial charge >= 0.3 is 5.69 Å². The Morgan fingerprint density at radius 2 is 1.81 bits per heavy atom. The number of halogens is 1. The molecule has 0 aliphatic heterocycles. The van der Waals surface area contributed by atoms with Crippen molar-refractivity contribution in [3.63, 3.8) is 0 Å². The minimum absolute atomic E-state index is 0.0283. The van der Waals surface area contributed by atoms with E-state index in [1.54, 1.807) is 36.4 Å². The van der Waals surface area contributed by atoms with Crippen molar-refractivity contribution in [3.05, 3.63) is 97.3 Å². The maximum absolute atomic E-state index is 12.6. The lowest BCUT2D eigenvalue weighted by Crippen LogP contribution is -2.39. The van der Waals surface area contributed by atoms with E-state index in [0.29, 0.717) is 16.3 Å². The topological polar surface area (TPSA) is 84.0 Å². The molecule has 1 aromatic heterocycles. The van der Waals surface area contributed by atoms with Gasteiger partial charge in [-0.3, -0.25) is 14.2 Å². The minimum atomic E-state index is -0.682. The van der Waals surface area contributed by atoms with Gasteiger partial charge in [0.2, 0.25) is 0 Å². The van der Waals surface area contributed by atoms with Crippen LogP contribution in [0.5, 0.6) is 0 Å². The van der Waals surface area contributed by atoms with Crippen LogP contribution in [0, 0.1) is 6.92 Å². The van der Waals surface area contributed by atoms with E-state index in [-0.39, 0.29) is 12.1 Å².